The van der Waals surface area contributed by atoms with Gasteiger partial charge in [0, 0.05) is 36.6 Å². The molecule has 0 saturated heterocycles. The monoisotopic (exact) mass is 363 g/mol. The average molecular weight is 364 g/mol. The smallest absolute Gasteiger partial charge is 0.252 e. The molecule has 1 amide bonds. The van der Waals surface area contributed by atoms with E-state index in [1.54, 1.807) is 25.6 Å². The second kappa shape index (κ2) is 8.51. The van der Waals surface area contributed by atoms with Crippen molar-refractivity contribution in [2.45, 2.75) is 6.42 Å². The fourth-order valence-electron chi connectivity index (χ4n) is 1.85. The minimum atomic E-state index is -0.136. The van der Waals surface area contributed by atoms with Gasteiger partial charge in [-0.15, -0.1) is 0 Å². The van der Waals surface area contributed by atoms with Gasteiger partial charge >= 0.3 is 0 Å². The Labute approximate surface area is 138 Å². The van der Waals surface area contributed by atoms with E-state index < -0.39 is 0 Å². The third kappa shape index (κ3) is 5.13. The number of nitrogens with zero attached hydrogens (tertiary/aromatic N) is 1. The van der Waals surface area contributed by atoms with E-state index >= 15 is 0 Å². The maximum Gasteiger partial charge on any atom is 0.252 e. The number of carbonyl (C=O) groups is 1. The van der Waals surface area contributed by atoms with E-state index in [2.05, 4.69) is 31.5 Å². The first-order chi connectivity index (χ1) is 10.7. The van der Waals surface area contributed by atoms with E-state index in [0.717, 1.165) is 22.3 Å². The van der Waals surface area contributed by atoms with Crippen molar-refractivity contribution in [3.63, 3.8) is 0 Å². The molecule has 0 aliphatic heterocycles. The molecule has 0 radical (unpaired) electrons. The van der Waals surface area contributed by atoms with Gasteiger partial charge in [0.2, 0.25) is 0 Å². The van der Waals surface area contributed by atoms with Gasteiger partial charge in [-0.3, -0.25) is 9.78 Å². The van der Waals surface area contributed by atoms with Crippen molar-refractivity contribution in [2.75, 3.05) is 25.6 Å². The van der Waals surface area contributed by atoms with Gasteiger partial charge < -0.3 is 15.4 Å². The highest BCUT2D eigenvalue weighted by atomic mass is 79.9. The Balaban J connectivity index is 1.97. The summed E-state index contributed by atoms with van der Waals surface area (Å²) in [7, 11) is 1.64. The van der Waals surface area contributed by atoms with Gasteiger partial charge in [-0.05, 0) is 36.8 Å². The molecule has 2 aromatic rings. The van der Waals surface area contributed by atoms with Crippen molar-refractivity contribution in [2.24, 2.45) is 0 Å². The minimum Gasteiger partial charge on any atom is -0.385 e. The number of halogens is 1. The standard InChI is InChI=1S/C16H18BrN3O2/c1-22-8-2-7-19-16(21)12-9-15(11-18-10-12)20-14-5-3-13(17)4-6-14/h3-6,9-11,20H,2,7-8H2,1H3,(H,19,21). The number of aromatic nitrogens is 1. The maximum absolute atomic E-state index is 12.0. The number of hydrogen-bond acceptors (Lipinski definition) is 4. The van der Waals surface area contributed by atoms with Crippen LogP contribution in [-0.2, 0) is 4.74 Å². The Bertz CT molecular complexity index is 617. The zero-order valence-corrected chi connectivity index (χ0v) is 13.9. The summed E-state index contributed by atoms with van der Waals surface area (Å²) < 4.78 is 5.96. The van der Waals surface area contributed by atoms with Gasteiger partial charge in [0.1, 0.15) is 0 Å². The van der Waals surface area contributed by atoms with Crippen LogP contribution in [0.2, 0.25) is 0 Å². The van der Waals surface area contributed by atoms with Crippen molar-refractivity contribution in [1.82, 2.24) is 10.3 Å². The Morgan fingerprint density at radius 3 is 2.73 bits per heavy atom. The number of ether oxygens (including phenoxy) is 1. The van der Waals surface area contributed by atoms with Crippen LogP contribution in [0.15, 0.2) is 47.2 Å². The highest BCUT2D eigenvalue weighted by Gasteiger charge is 2.06. The van der Waals surface area contributed by atoms with E-state index in [9.17, 15) is 4.79 Å². The van der Waals surface area contributed by atoms with Gasteiger partial charge in [0.25, 0.3) is 5.91 Å². The van der Waals surface area contributed by atoms with E-state index in [4.69, 9.17) is 4.74 Å². The Kier molecular flexibility index (Phi) is 6.36. The first kappa shape index (κ1) is 16.5. The number of nitrogens with one attached hydrogen (secondary N) is 2. The van der Waals surface area contributed by atoms with E-state index in [1.807, 2.05) is 24.3 Å². The first-order valence-electron chi connectivity index (χ1n) is 6.94. The second-order valence-electron chi connectivity index (χ2n) is 4.70. The van der Waals surface area contributed by atoms with Crippen LogP contribution in [0.1, 0.15) is 16.8 Å². The zero-order valence-electron chi connectivity index (χ0n) is 12.3. The molecule has 0 spiro atoms. The molecule has 0 aliphatic carbocycles. The maximum atomic E-state index is 12.0. The Morgan fingerprint density at radius 2 is 2.00 bits per heavy atom. The number of carbonyl (C=O) groups excluding carboxylic acids is 1. The Hall–Kier alpha value is -1.92. The molecule has 0 unspecified atom stereocenters. The van der Waals surface area contributed by atoms with Crippen molar-refractivity contribution >= 4 is 33.2 Å². The van der Waals surface area contributed by atoms with Gasteiger partial charge in [-0.1, -0.05) is 15.9 Å². The van der Waals surface area contributed by atoms with Crippen molar-refractivity contribution in [3.8, 4) is 0 Å². The van der Waals surface area contributed by atoms with Crippen LogP contribution in [0.25, 0.3) is 0 Å². The molecule has 1 aromatic carbocycles. The van der Waals surface area contributed by atoms with Crippen LogP contribution in [0.5, 0.6) is 0 Å². The van der Waals surface area contributed by atoms with Crippen LogP contribution in [0.4, 0.5) is 11.4 Å². The molecule has 2 N–H and O–H groups in total. The second-order valence-corrected chi connectivity index (χ2v) is 5.61. The molecule has 1 aromatic heterocycles. The topological polar surface area (TPSA) is 63.2 Å². The fraction of sp³-hybridized carbons (Fsp3) is 0.250. The van der Waals surface area contributed by atoms with Crippen molar-refractivity contribution in [1.29, 1.82) is 0 Å². The number of rotatable bonds is 7. The van der Waals surface area contributed by atoms with Gasteiger partial charge in [0.05, 0.1) is 17.4 Å². The molecule has 22 heavy (non-hydrogen) atoms. The summed E-state index contributed by atoms with van der Waals surface area (Å²) in [6.45, 7) is 1.21. The molecule has 0 aliphatic rings. The highest BCUT2D eigenvalue weighted by molar-refractivity contribution is 9.10. The summed E-state index contributed by atoms with van der Waals surface area (Å²) in [6.07, 6.45) is 4.02. The molecule has 5 nitrogen and oxygen atoms in total. The molecule has 1 heterocycles. The summed E-state index contributed by atoms with van der Waals surface area (Å²) in [6, 6.07) is 9.56. The number of anilines is 2. The predicted octanol–water partition coefficient (Wildman–Crippen LogP) is 3.35. The molecule has 0 saturated carbocycles. The predicted molar refractivity (Wildman–Crippen MR) is 90.5 cm³/mol. The number of benzene rings is 1. The van der Waals surface area contributed by atoms with Crippen LogP contribution < -0.4 is 10.6 Å². The molecule has 116 valence electrons. The van der Waals surface area contributed by atoms with E-state index in [1.165, 1.54) is 0 Å². The van der Waals surface area contributed by atoms with Crippen molar-refractivity contribution in [3.05, 3.63) is 52.8 Å². The summed E-state index contributed by atoms with van der Waals surface area (Å²) in [5.41, 5.74) is 2.23. The van der Waals surface area contributed by atoms with Crippen LogP contribution in [-0.4, -0.2) is 31.2 Å². The van der Waals surface area contributed by atoms with Gasteiger partial charge in [-0.2, -0.15) is 0 Å². The van der Waals surface area contributed by atoms with Crippen LogP contribution >= 0.6 is 15.9 Å². The molecule has 2 rings (SSSR count). The number of amides is 1. The van der Waals surface area contributed by atoms with Crippen LogP contribution in [0, 0.1) is 0 Å². The van der Waals surface area contributed by atoms with Crippen molar-refractivity contribution < 1.29 is 9.53 Å². The lowest BCUT2D eigenvalue weighted by Crippen LogP contribution is -2.25. The lowest BCUT2D eigenvalue weighted by atomic mass is 10.2. The molecular formula is C16H18BrN3O2. The normalized spacial score (nSPS) is 10.3. The molecule has 6 heteroatoms. The SMILES string of the molecule is COCCCNC(=O)c1cncc(Nc2ccc(Br)cc2)c1. The number of pyridine rings is 1. The lowest BCUT2D eigenvalue weighted by molar-refractivity contribution is 0.0948. The number of methoxy groups -OCH3 is 1. The van der Waals surface area contributed by atoms with E-state index in [-0.39, 0.29) is 5.91 Å². The summed E-state index contributed by atoms with van der Waals surface area (Å²) in [4.78, 5) is 16.1. The highest BCUT2D eigenvalue weighted by Crippen LogP contribution is 2.19. The molecule has 0 fully saturated rings. The largest absolute Gasteiger partial charge is 0.385 e. The first-order valence-corrected chi connectivity index (χ1v) is 7.73. The average Bonchev–Trinajstić information content (AvgIpc) is 2.54. The third-order valence-corrected chi connectivity index (χ3v) is 3.47. The van der Waals surface area contributed by atoms with Gasteiger partial charge in [0.15, 0.2) is 0 Å². The Morgan fingerprint density at radius 1 is 1.23 bits per heavy atom. The number of hydrogen-bond donors (Lipinski definition) is 2. The minimum absolute atomic E-state index is 0.136. The summed E-state index contributed by atoms with van der Waals surface area (Å²) in [5.74, 6) is -0.136. The quantitative estimate of drug-likeness (QED) is 0.740. The molecular weight excluding hydrogens is 346 g/mol. The summed E-state index contributed by atoms with van der Waals surface area (Å²) in [5, 5.41) is 6.06. The van der Waals surface area contributed by atoms with E-state index in [0.29, 0.717) is 18.7 Å². The summed E-state index contributed by atoms with van der Waals surface area (Å²) >= 11 is 3.39. The van der Waals surface area contributed by atoms with Gasteiger partial charge in [-0.25, -0.2) is 0 Å². The zero-order chi connectivity index (χ0) is 15.8. The fourth-order valence-corrected chi connectivity index (χ4v) is 2.12. The third-order valence-electron chi connectivity index (χ3n) is 2.94. The lowest BCUT2D eigenvalue weighted by Gasteiger charge is -2.08. The molecule has 0 atom stereocenters. The van der Waals surface area contributed by atoms with Crippen LogP contribution in [0.3, 0.4) is 0 Å². The molecule has 0 bridgehead atoms.